The summed E-state index contributed by atoms with van der Waals surface area (Å²) in [5.74, 6) is 0. The number of anilines is 1. The minimum atomic E-state index is 1.07. The Morgan fingerprint density at radius 2 is 1.68 bits per heavy atom. The van der Waals surface area contributed by atoms with Crippen LogP contribution in [0.4, 0.5) is 5.69 Å². The summed E-state index contributed by atoms with van der Waals surface area (Å²) in [5, 5.41) is 0. The monoisotopic (exact) mass is 251 g/mol. The number of hydrogen-bond donors (Lipinski definition) is 0. The quantitative estimate of drug-likeness (QED) is 0.666. The van der Waals surface area contributed by atoms with Crippen LogP contribution >= 0.6 is 0 Å². The summed E-state index contributed by atoms with van der Waals surface area (Å²) in [7, 11) is 0. The highest BCUT2D eigenvalue weighted by molar-refractivity contribution is 5.79. The molecular weight excluding hydrogens is 230 g/mol. The van der Waals surface area contributed by atoms with Crippen LogP contribution in [0.1, 0.15) is 30.5 Å². The average Bonchev–Trinajstić information content (AvgIpc) is 2.77. The number of nitrogens with zero attached hydrogens (tertiary/aromatic N) is 1. The second-order valence-corrected chi connectivity index (χ2v) is 5.35. The molecule has 0 heterocycles. The second kappa shape index (κ2) is 4.73. The molecule has 1 aliphatic rings. The Morgan fingerprint density at radius 3 is 2.42 bits per heavy atom. The molecule has 0 saturated heterocycles. The van der Waals surface area contributed by atoms with E-state index in [9.17, 15) is 0 Å². The van der Waals surface area contributed by atoms with E-state index in [1.54, 1.807) is 0 Å². The van der Waals surface area contributed by atoms with E-state index >= 15 is 0 Å². The molecule has 0 amide bonds. The molecule has 19 heavy (non-hydrogen) atoms. The van der Waals surface area contributed by atoms with Gasteiger partial charge in [0.1, 0.15) is 0 Å². The summed E-state index contributed by atoms with van der Waals surface area (Å²) in [6.45, 7) is 8.74. The van der Waals surface area contributed by atoms with Gasteiger partial charge in [0.25, 0.3) is 0 Å². The van der Waals surface area contributed by atoms with Crippen molar-refractivity contribution in [3.05, 3.63) is 53.1 Å². The molecular formula is C18H21N. The Kier molecular flexibility index (Phi) is 3.06. The molecule has 2 aromatic rings. The number of fused-ring (bicyclic) bond motifs is 3. The summed E-state index contributed by atoms with van der Waals surface area (Å²) < 4.78 is 0. The van der Waals surface area contributed by atoms with Gasteiger partial charge in [-0.05, 0) is 61.6 Å². The SMILES string of the molecule is CCN(CC)c1ccc2c(c1)Cc1ccc(C)cc1-2. The first-order chi connectivity index (χ1) is 9.22. The molecule has 1 heteroatoms. The first-order valence-corrected chi connectivity index (χ1v) is 7.20. The van der Waals surface area contributed by atoms with Crippen molar-refractivity contribution in [2.24, 2.45) is 0 Å². The molecule has 0 aliphatic heterocycles. The minimum absolute atomic E-state index is 1.07. The molecule has 98 valence electrons. The molecule has 1 aliphatic carbocycles. The molecule has 0 N–H and O–H groups in total. The predicted octanol–water partition coefficient (Wildman–Crippen LogP) is 4.41. The van der Waals surface area contributed by atoms with Gasteiger partial charge >= 0.3 is 0 Å². The minimum Gasteiger partial charge on any atom is -0.372 e. The Bertz CT molecular complexity index is 609. The van der Waals surface area contributed by atoms with Gasteiger partial charge < -0.3 is 4.90 Å². The number of rotatable bonds is 3. The third-order valence-electron chi connectivity index (χ3n) is 4.15. The van der Waals surface area contributed by atoms with Gasteiger partial charge in [0.2, 0.25) is 0 Å². The van der Waals surface area contributed by atoms with Gasteiger partial charge in [-0.3, -0.25) is 0 Å². The highest BCUT2D eigenvalue weighted by atomic mass is 15.1. The van der Waals surface area contributed by atoms with Crippen molar-refractivity contribution in [2.75, 3.05) is 18.0 Å². The van der Waals surface area contributed by atoms with Crippen molar-refractivity contribution >= 4 is 5.69 Å². The van der Waals surface area contributed by atoms with Crippen LogP contribution in [0.15, 0.2) is 36.4 Å². The van der Waals surface area contributed by atoms with E-state index in [1.165, 1.54) is 33.5 Å². The molecule has 0 aromatic heterocycles. The number of hydrogen-bond acceptors (Lipinski definition) is 1. The molecule has 0 bridgehead atoms. The lowest BCUT2D eigenvalue weighted by molar-refractivity contribution is 0.865. The lowest BCUT2D eigenvalue weighted by Gasteiger charge is -2.21. The maximum Gasteiger partial charge on any atom is 0.0369 e. The summed E-state index contributed by atoms with van der Waals surface area (Å²) in [4.78, 5) is 2.41. The fourth-order valence-electron chi connectivity index (χ4n) is 3.07. The fourth-order valence-corrected chi connectivity index (χ4v) is 3.07. The van der Waals surface area contributed by atoms with Crippen LogP contribution in [0, 0.1) is 6.92 Å². The molecule has 1 nitrogen and oxygen atoms in total. The van der Waals surface area contributed by atoms with Crippen molar-refractivity contribution in [1.82, 2.24) is 0 Å². The van der Waals surface area contributed by atoms with Gasteiger partial charge in [0, 0.05) is 18.8 Å². The van der Waals surface area contributed by atoms with E-state index < -0.39 is 0 Å². The van der Waals surface area contributed by atoms with Gasteiger partial charge in [0.05, 0.1) is 0 Å². The lowest BCUT2D eigenvalue weighted by Crippen LogP contribution is -2.21. The van der Waals surface area contributed by atoms with E-state index in [2.05, 4.69) is 62.1 Å². The van der Waals surface area contributed by atoms with E-state index in [1.807, 2.05) is 0 Å². The summed E-state index contributed by atoms with van der Waals surface area (Å²) in [5.41, 5.74) is 8.51. The molecule has 0 atom stereocenters. The van der Waals surface area contributed by atoms with Gasteiger partial charge in [0.15, 0.2) is 0 Å². The third kappa shape index (κ3) is 2.03. The average molecular weight is 251 g/mol. The number of aryl methyl sites for hydroxylation is 1. The van der Waals surface area contributed by atoms with Crippen LogP contribution in [-0.2, 0) is 6.42 Å². The topological polar surface area (TPSA) is 3.24 Å². The summed E-state index contributed by atoms with van der Waals surface area (Å²) in [6.07, 6.45) is 1.08. The first-order valence-electron chi connectivity index (χ1n) is 7.20. The Morgan fingerprint density at radius 1 is 0.895 bits per heavy atom. The maximum absolute atomic E-state index is 2.41. The van der Waals surface area contributed by atoms with E-state index in [-0.39, 0.29) is 0 Å². The standard InChI is InChI=1S/C18H21N/c1-4-19(5-2)16-8-9-17-15(12-16)11-14-7-6-13(3)10-18(14)17/h6-10,12H,4-5,11H2,1-3H3. The maximum atomic E-state index is 2.41. The Balaban J connectivity index is 2.04. The molecule has 2 aromatic carbocycles. The zero-order chi connectivity index (χ0) is 13.4. The van der Waals surface area contributed by atoms with Crippen molar-refractivity contribution in [2.45, 2.75) is 27.2 Å². The van der Waals surface area contributed by atoms with E-state index in [0.717, 1.165) is 19.5 Å². The normalized spacial score (nSPS) is 12.2. The third-order valence-corrected chi connectivity index (χ3v) is 4.15. The van der Waals surface area contributed by atoms with Crippen LogP contribution < -0.4 is 4.90 Å². The predicted molar refractivity (Wildman–Crippen MR) is 83.0 cm³/mol. The van der Waals surface area contributed by atoms with Crippen molar-refractivity contribution in [3.8, 4) is 11.1 Å². The van der Waals surface area contributed by atoms with E-state index in [0.29, 0.717) is 0 Å². The lowest BCUT2D eigenvalue weighted by atomic mass is 10.0. The summed E-state index contributed by atoms with van der Waals surface area (Å²) in [6, 6.07) is 13.8. The highest BCUT2D eigenvalue weighted by Crippen LogP contribution is 2.38. The molecule has 0 spiro atoms. The van der Waals surface area contributed by atoms with Crippen molar-refractivity contribution < 1.29 is 0 Å². The number of benzene rings is 2. The fraction of sp³-hybridized carbons (Fsp3) is 0.333. The van der Waals surface area contributed by atoms with Gasteiger partial charge in [-0.15, -0.1) is 0 Å². The zero-order valence-electron chi connectivity index (χ0n) is 12.0. The largest absolute Gasteiger partial charge is 0.372 e. The van der Waals surface area contributed by atoms with E-state index in [4.69, 9.17) is 0 Å². The van der Waals surface area contributed by atoms with Crippen LogP contribution in [0.25, 0.3) is 11.1 Å². The Hall–Kier alpha value is -1.76. The van der Waals surface area contributed by atoms with Crippen LogP contribution in [0.5, 0.6) is 0 Å². The second-order valence-electron chi connectivity index (χ2n) is 5.35. The molecule has 0 radical (unpaired) electrons. The zero-order valence-corrected chi connectivity index (χ0v) is 12.0. The van der Waals surface area contributed by atoms with Gasteiger partial charge in [-0.25, -0.2) is 0 Å². The van der Waals surface area contributed by atoms with Gasteiger partial charge in [-0.2, -0.15) is 0 Å². The highest BCUT2D eigenvalue weighted by Gasteiger charge is 2.19. The smallest absolute Gasteiger partial charge is 0.0369 e. The molecule has 0 saturated carbocycles. The van der Waals surface area contributed by atoms with Crippen LogP contribution in [0.3, 0.4) is 0 Å². The van der Waals surface area contributed by atoms with Crippen LogP contribution in [0.2, 0.25) is 0 Å². The van der Waals surface area contributed by atoms with Crippen molar-refractivity contribution in [1.29, 1.82) is 0 Å². The van der Waals surface area contributed by atoms with Gasteiger partial charge in [-0.1, -0.05) is 29.8 Å². The Labute approximate surface area is 115 Å². The summed E-state index contributed by atoms with van der Waals surface area (Å²) >= 11 is 0. The molecule has 0 unspecified atom stereocenters. The first kappa shape index (κ1) is 12.3. The molecule has 3 rings (SSSR count). The van der Waals surface area contributed by atoms with Crippen molar-refractivity contribution in [3.63, 3.8) is 0 Å². The molecule has 0 fully saturated rings. The van der Waals surface area contributed by atoms with Crippen LogP contribution in [-0.4, -0.2) is 13.1 Å².